The van der Waals surface area contributed by atoms with Crippen molar-refractivity contribution < 1.29 is 28.6 Å². The van der Waals surface area contributed by atoms with E-state index in [1.165, 1.54) is 173 Å². The highest BCUT2D eigenvalue weighted by atomic mass is 16.6. The Morgan fingerprint density at radius 1 is 0.273 bits per heavy atom. The lowest BCUT2D eigenvalue weighted by Crippen LogP contribution is -2.30. The molecule has 6 nitrogen and oxygen atoms in total. The zero-order valence-corrected chi connectivity index (χ0v) is 50.7. The van der Waals surface area contributed by atoms with Gasteiger partial charge in [-0.3, -0.25) is 14.4 Å². The molecular formula is C71H122O6. The van der Waals surface area contributed by atoms with Gasteiger partial charge in [0.2, 0.25) is 0 Å². The molecule has 0 heterocycles. The lowest BCUT2D eigenvalue weighted by molar-refractivity contribution is -0.167. The van der Waals surface area contributed by atoms with Gasteiger partial charge in [-0.05, 0) is 103 Å². The van der Waals surface area contributed by atoms with Gasteiger partial charge in [0.25, 0.3) is 0 Å². The van der Waals surface area contributed by atoms with Gasteiger partial charge in [-0.15, -0.1) is 0 Å². The Bertz CT molecular complexity index is 1510. The van der Waals surface area contributed by atoms with Crippen LogP contribution in [0, 0.1) is 0 Å². The molecule has 0 aromatic carbocycles. The largest absolute Gasteiger partial charge is 0.462 e. The number of hydrogen-bond acceptors (Lipinski definition) is 6. The molecule has 0 amide bonds. The fourth-order valence-corrected chi connectivity index (χ4v) is 9.18. The van der Waals surface area contributed by atoms with Crippen LogP contribution in [0.25, 0.3) is 0 Å². The first kappa shape index (κ1) is 73.3. The molecule has 0 radical (unpaired) electrons. The van der Waals surface area contributed by atoms with Crippen LogP contribution in [0.4, 0.5) is 0 Å². The van der Waals surface area contributed by atoms with E-state index >= 15 is 0 Å². The van der Waals surface area contributed by atoms with Gasteiger partial charge in [0.1, 0.15) is 13.2 Å². The van der Waals surface area contributed by atoms with Crippen molar-refractivity contribution in [2.24, 2.45) is 0 Å². The third-order valence-corrected chi connectivity index (χ3v) is 14.1. The predicted molar refractivity (Wildman–Crippen MR) is 334 cm³/mol. The molecule has 0 aromatic rings. The Hall–Kier alpha value is -3.67. The summed E-state index contributed by atoms with van der Waals surface area (Å²) >= 11 is 0. The molecule has 0 aliphatic heterocycles. The normalized spacial score (nSPS) is 12.7. The molecular weight excluding hydrogens is 949 g/mol. The van der Waals surface area contributed by atoms with E-state index < -0.39 is 6.10 Å². The highest BCUT2D eigenvalue weighted by Crippen LogP contribution is 2.16. The van der Waals surface area contributed by atoms with Crippen LogP contribution < -0.4 is 0 Å². The van der Waals surface area contributed by atoms with Crippen molar-refractivity contribution in [3.8, 4) is 0 Å². The van der Waals surface area contributed by atoms with Gasteiger partial charge in [-0.25, -0.2) is 0 Å². The Morgan fingerprint density at radius 2 is 0.506 bits per heavy atom. The molecule has 0 bridgehead atoms. The Balaban J connectivity index is 4.25. The quantitative estimate of drug-likeness (QED) is 0.0261. The van der Waals surface area contributed by atoms with Gasteiger partial charge in [-0.2, -0.15) is 0 Å². The first-order valence-corrected chi connectivity index (χ1v) is 32.7. The monoisotopic (exact) mass is 1070 g/mol. The fraction of sp³-hybridized carbons (Fsp3) is 0.732. The van der Waals surface area contributed by atoms with Crippen molar-refractivity contribution >= 4 is 17.9 Å². The number of allylic oxidation sites excluding steroid dienone is 16. The minimum Gasteiger partial charge on any atom is -0.462 e. The summed E-state index contributed by atoms with van der Waals surface area (Å²) in [6.45, 7) is 6.52. The second-order valence-electron chi connectivity index (χ2n) is 21.6. The molecule has 1 unspecified atom stereocenters. The van der Waals surface area contributed by atoms with Crippen LogP contribution in [0.5, 0.6) is 0 Å². The zero-order chi connectivity index (χ0) is 55.7. The predicted octanol–water partition coefficient (Wildman–Crippen LogP) is 22.4. The molecule has 0 N–H and O–H groups in total. The summed E-state index contributed by atoms with van der Waals surface area (Å²) in [5.41, 5.74) is 0. The van der Waals surface area contributed by atoms with Gasteiger partial charge in [-0.1, -0.05) is 291 Å². The van der Waals surface area contributed by atoms with Gasteiger partial charge in [0.05, 0.1) is 0 Å². The van der Waals surface area contributed by atoms with E-state index in [4.69, 9.17) is 14.2 Å². The molecule has 0 aliphatic rings. The Morgan fingerprint density at radius 3 is 0.818 bits per heavy atom. The van der Waals surface area contributed by atoms with Crippen molar-refractivity contribution in [2.75, 3.05) is 13.2 Å². The Labute approximate surface area is 477 Å². The maximum absolute atomic E-state index is 12.9. The van der Waals surface area contributed by atoms with Crippen LogP contribution in [-0.2, 0) is 28.6 Å². The molecule has 6 heteroatoms. The van der Waals surface area contributed by atoms with Crippen LogP contribution >= 0.6 is 0 Å². The summed E-state index contributed by atoms with van der Waals surface area (Å²) in [4.78, 5) is 38.3. The van der Waals surface area contributed by atoms with Crippen molar-refractivity contribution in [3.63, 3.8) is 0 Å². The van der Waals surface area contributed by atoms with Crippen LogP contribution in [-0.4, -0.2) is 37.2 Å². The SMILES string of the molecule is CC/C=C\C/C=C\C/C=C\C/C=C\C/C=C\C/C=C\CCCCCCCCCCCCC(=O)OCC(COC(=O)CCCCCCCCCCCCC)OC(=O)CCCCCCCCCCC/C=C\C/C=C\CCCCC. The summed E-state index contributed by atoms with van der Waals surface area (Å²) < 4.78 is 16.9. The minimum absolute atomic E-state index is 0.0772. The number of esters is 3. The summed E-state index contributed by atoms with van der Waals surface area (Å²) in [5.74, 6) is -0.875. The number of ether oxygens (including phenoxy) is 3. The van der Waals surface area contributed by atoms with Gasteiger partial charge in [0.15, 0.2) is 6.10 Å². The number of carbonyl (C=O) groups is 3. The van der Waals surface area contributed by atoms with Gasteiger partial charge < -0.3 is 14.2 Å². The molecule has 0 rings (SSSR count). The van der Waals surface area contributed by atoms with E-state index in [1.807, 2.05) is 0 Å². The van der Waals surface area contributed by atoms with Crippen molar-refractivity contribution in [1.29, 1.82) is 0 Å². The van der Waals surface area contributed by atoms with E-state index in [2.05, 4.69) is 118 Å². The van der Waals surface area contributed by atoms with Crippen LogP contribution in [0.3, 0.4) is 0 Å². The minimum atomic E-state index is -0.781. The van der Waals surface area contributed by atoms with E-state index in [9.17, 15) is 14.4 Å². The average Bonchev–Trinajstić information content (AvgIpc) is 3.43. The van der Waals surface area contributed by atoms with Crippen LogP contribution in [0.2, 0.25) is 0 Å². The third-order valence-electron chi connectivity index (χ3n) is 14.1. The summed E-state index contributed by atoms with van der Waals surface area (Å²) in [6, 6.07) is 0. The van der Waals surface area contributed by atoms with E-state index in [1.54, 1.807) is 0 Å². The maximum Gasteiger partial charge on any atom is 0.306 e. The smallest absolute Gasteiger partial charge is 0.306 e. The van der Waals surface area contributed by atoms with E-state index in [0.29, 0.717) is 19.3 Å². The average molecular weight is 1070 g/mol. The highest BCUT2D eigenvalue weighted by molar-refractivity contribution is 5.71. The van der Waals surface area contributed by atoms with Gasteiger partial charge in [0, 0.05) is 19.3 Å². The molecule has 442 valence electrons. The first-order valence-electron chi connectivity index (χ1n) is 32.7. The third kappa shape index (κ3) is 63.0. The van der Waals surface area contributed by atoms with Crippen LogP contribution in [0.1, 0.15) is 316 Å². The molecule has 0 spiro atoms. The topological polar surface area (TPSA) is 78.9 Å². The zero-order valence-electron chi connectivity index (χ0n) is 50.7. The molecule has 1 atom stereocenters. The fourth-order valence-electron chi connectivity index (χ4n) is 9.18. The van der Waals surface area contributed by atoms with Crippen molar-refractivity contribution in [1.82, 2.24) is 0 Å². The first-order chi connectivity index (χ1) is 38.0. The van der Waals surface area contributed by atoms with E-state index in [0.717, 1.165) is 103 Å². The number of carbonyl (C=O) groups excluding carboxylic acids is 3. The van der Waals surface area contributed by atoms with E-state index in [-0.39, 0.29) is 31.1 Å². The summed E-state index contributed by atoms with van der Waals surface area (Å²) in [5, 5.41) is 0. The van der Waals surface area contributed by atoms with Crippen molar-refractivity contribution in [3.05, 3.63) is 97.2 Å². The number of hydrogen-bond donors (Lipinski definition) is 0. The lowest BCUT2D eigenvalue weighted by Gasteiger charge is -2.18. The highest BCUT2D eigenvalue weighted by Gasteiger charge is 2.19. The Kier molecular flexibility index (Phi) is 61.8. The molecule has 0 fully saturated rings. The van der Waals surface area contributed by atoms with Gasteiger partial charge >= 0.3 is 17.9 Å². The summed E-state index contributed by atoms with van der Waals surface area (Å²) in [7, 11) is 0. The lowest BCUT2D eigenvalue weighted by atomic mass is 10.1. The second kappa shape index (κ2) is 64.9. The molecule has 0 aromatic heterocycles. The summed E-state index contributed by atoms with van der Waals surface area (Å²) in [6.07, 6.45) is 87.0. The number of unbranched alkanes of at least 4 members (excludes halogenated alkanes) is 32. The number of rotatable bonds is 59. The van der Waals surface area contributed by atoms with Crippen LogP contribution in [0.15, 0.2) is 97.2 Å². The van der Waals surface area contributed by atoms with Crippen molar-refractivity contribution in [2.45, 2.75) is 322 Å². The second-order valence-corrected chi connectivity index (χ2v) is 21.6. The standard InChI is InChI=1S/C71H122O6/c1-4-7-10-13-16-19-22-24-26-28-30-31-32-33-34-35-36-37-38-39-41-42-44-46-49-52-55-58-61-64-70(73)76-67-68(66-75-69(72)63-60-57-54-51-48-21-18-15-12-9-6-3)77-71(74)65-62-59-56-53-50-47-45-43-40-29-27-25-23-20-17-14-11-8-5-2/h7,10,16-17,19-20,24-27,30-31,33-34,36-37,68H,4-6,8-9,11-15,18,21-23,28-29,32,35,38-67H2,1-3H3/b10-7-,19-16-,20-17-,26-24-,27-25-,31-30-,34-33-,37-36-. The molecule has 0 saturated heterocycles. The molecule has 77 heavy (non-hydrogen) atoms. The molecule has 0 aliphatic carbocycles. The molecule has 0 saturated carbocycles. The maximum atomic E-state index is 12.9.